The first-order valence-corrected chi connectivity index (χ1v) is 9.99. The van der Waals surface area contributed by atoms with Gasteiger partial charge in [0.1, 0.15) is 30.3 Å². The van der Waals surface area contributed by atoms with E-state index in [4.69, 9.17) is 14.2 Å². The molecule has 4 rings (SSSR count). The number of carbonyl (C=O) groups is 3. The average molecular weight is 409 g/mol. The van der Waals surface area contributed by atoms with Gasteiger partial charge >= 0.3 is 5.97 Å². The fraction of sp³-hybridized carbons (Fsp3) is 0.348. The van der Waals surface area contributed by atoms with Crippen LogP contribution in [0.15, 0.2) is 36.4 Å². The fourth-order valence-electron chi connectivity index (χ4n) is 3.82. The van der Waals surface area contributed by atoms with E-state index in [1.165, 1.54) is 6.92 Å². The van der Waals surface area contributed by atoms with Crippen molar-refractivity contribution in [3.05, 3.63) is 58.7 Å². The summed E-state index contributed by atoms with van der Waals surface area (Å²) in [6.07, 6.45) is 0.882. The Morgan fingerprint density at radius 1 is 1.20 bits per heavy atom. The van der Waals surface area contributed by atoms with Crippen molar-refractivity contribution < 1.29 is 28.6 Å². The Morgan fingerprint density at radius 3 is 2.50 bits per heavy atom. The molecular weight excluding hydrogens is 386 g/mol. The summed E-state index contributed by atoms with van der Waals surface area (Å²) in [7, 11) is 0. The number of rotatable bonds is 6. The third-order valence-corrected chi connectivity index (χ3v) is 5.30. The lowest BCUT2D eigenvalue weighted by Gasteiger charge is -2.21. The minimum Gasteiger partial charge on any atom is -0.493 e. The van der Waals surface area contributed by atoms with Crippen LogP contribution in [-0.4, -0.2) is 41.4 Å². The molecule has 2 unspecified atom stereocenters. The smallest absolute Gasteiger partial charge is 0.329 e. The second-order valence-corrected chi connectivity index (χ2v) is 7.44. The van der Waals surface area contributed by atoms with Crippen LogP contribution < -0.4 is 9.47 Å². The number of esters is 1. The van der Waals surface area contributed by atoms with Gasteiger partial charge in [-0.3, -0.25) is 14.5 Å². The van der Waals surface area contributed by atoms with Crippen LogP contribution in [0.25, 0.3) is 0 Å². The topological polar surface area (TPSA) is 82.1 Å². The second kappa shape index (κ2) is 7.82. The number of carbonyl (C=O) groups excluding carboxylic acids is 3. The lowest BCUT2D eigenvalue weighted by Crippen LogP contribution is -2.43. The SMILES string of the molecule is CCOc1cc2c(cc1COC(=O)C(C)N1C(=O)c3ccccc3C1=O)OC(C)C2. The summed E-state index contributed by atoms with van der Waals surface area (Å²) < 4.78 is 16.9. The van der Waals surface area contributed by atoms with Crippen LogP contribution >= 0.6 is 0 Å². The van der Waals surface area contributed by atoms with Gasteiger partial charge in [-0.2, -0.15) is 0 Å². The number of hydrogen-bond acceptors (Lipinski definition) is 6. The van der Waals surface area contributed by atoms with Crippen molar-refractivity contribution in [2.75, 3.05) is 6.61 Å². The summed E-state index contributed by atoms with van der Waals surface area (Å²) in [6.45, 7) is 5.78. The first-order valence-electron chi connectivity index (χ1n) is 9.99. The standard InChI is InChI=1S/C23H23NO6/c1-4-28-19-10-15-9-13(2)30-20(15)11-16(19)12-29-23(27)14(3)24-21(25)17-7-5-6-8-18(17)22(24)26/h5-8,10-11,13-14H,4,9,12H2,1-3H3. The quantitative estimate of drug-likeness (QED) is 0.539. The molecule has 0 spiro atoms. The van der Waals surface area contributed by atoms with Crippen LogP contribution in [0.1, 0.15) is 52.6 Å². The third kappa shape index (κ3) is 3.40. The van der Waals surface area contributed by atoms with Crippen LogP contribution in [0.5, 0.6) is 11.5 Å². The van der Waals surface area contributed by atoms with Gasteiger partial charge in [0.25, 0.3) is 11.8 Å². The zero-order valence-electron chi connectivity index (χ0n) is 17.1. The maximum atomic E-state index is 12.7. The van der Waals surface area contributed by atoms with E-state index >= 15 is 0 Å². The van der Waals surface area contributed by atoms with Gasteiger partial charge in [-0.05, 0) is 45.0 Å². The minimum absolute atomic E-state index is 0.0489. The Hall–Kier alpha value is -3.35. The lowest BCUT2D eigenvalue weighted by atomic mass is 10.1. The molecule has 2 amide bonds. The summed E-state index contributed by atoms with van der Waals surface area (Å²) in [6, 6.07) is 9.22. The third-order valence-electron chi connectivity index (χ3n) is 5.30. The van der Waals surface area contributed by atoms with Gasteiger partial charge in [0.2, 0.25) is 0 Å². The van der Waals surface area contributed by atoms with Gasteiger partial charge in [0, 0.05) is 17.5 Å². The van der Waals surface area contributed by atoms with Crippen molar-refractivity contribution in [3.63, 3.8) is 0 Å². The van der Waals surface area contributed by atoms with E-state index in [0.717, 1.165) is 22.6 Å². The van der Waals surface area contributed by atoms with Crippen molar-refractivity contribution in [2.24, 2.45) is 0 Å². The van der Waals surface area contributed by atoms with Gasteiger partial charge in [0.15, 0.2) is 0 Å². The maximum absolute atomic E-state index is 12.7. The van der Waals surface area contributed by atoms with Crippen LogP contribution in [0.4, 0.5) is 0 Å². The summed E-state index contributed by atoms with van der Waals surface area (Å²) in [4.78, 5) is 38.8. The minimum atomic E-state index is -1.04. The van der Waals surface area contributed by atoms with Crippen LogP contribution in [0.2, 0.25) is 0 Å². The molecule has 2 aliphatic rings. The Bertz CT molecular complexity index is 995. The van der Waals surface area contributed by atoms with Gasteiger partial charge in [-0.1, -0.05) is 12.1 Å². The molecule has 0 fully saturated rings. The number of imide groups is 1. The molecule has 0 N–H and O–H groups in total. The molecule has 156 valence electrons. The highest BCUT2D eigenvalue weighted by Gasteiger charge is 2.41. The molecule has 0 saturated heterocycles. The molecule has 7 nitrogen and oxygen atoms in total. The number of nitrogens with zero attached hydrogens (tertiary/aromatic N) is 1. The first kappa shape index (κ1) is 19.9. The lowest BCUT2D eigenvalue weighted by molar-refractivity contribution is -0.149. The monoisotopic (exact) mass is 409 g/mol. The van der Waals surface area contributed by atoms with Gasteiger partial charge in [-0.15, -0.1) is 0 Å². The summed E-state index contributed by atoms with van der Waals surface area (Å²) in [5, 5.41) is 0. The van der Waals surface area contributed by atoms with Crippen molar-refractivity contribution >= 4 is 17.8 Å². The molecule has 0 radical (unpaired) electrons. The van der Waals surface area contributed by atoms with Crippen molar-refractivity contribution in [1.29, 1.82) is 0 Å². The Morgan fingerprint density at radius 2 is 1.87 bits per heavy atom. The molecule has 2 heterocycles. The fourth-order valence-corrected chi connectivity index (χ4v) is 3.82. The van der Waals surface area contributed by atoms with Crippen LogP contribution in [0, 0.1) is 0 Å². The van der Waals surface area contributed by atoms with Crippen LogP contribution in [0.3, 0.4) is 0 Å². The van der Waals surface area contributed by atoms with Crippen molar-refractivity contribution in [1.82, 2.24) is 4.90 Å². The normalized spacial score (nSPS) is 18.0. The number of fused-ring (bicyclic) bond motifs is 2. The number of ether oxygens (including phenoxy) is 3. The van der Waals surface area contributed by atoms with E-state index < -0.39 is 23.8 Å². The zero-order valence-corrected chi connectivity index (χ0v) is 17.1. The Kier molecular flexibility index (Phi) is 5.20. The number of benzene rings is 2. The Labute approximate surface area is 174 Å². The number of hydrogen-bond donors (Lipinski definition) is 0. The molecule has 0 aliphatic carbocycles. The van der Waals surface area contributed by atoms with E-state index in [1.54, 1.807) is 24.3 Å². The molecule has 2 aromatic carbocycles. The molecule has 0 aromatic heterocycles. The van der Waals surface area contributed by atoms with E-state index in [0.29, 0.717) is 29.0 Å². The average Bonchev–Trinajstić information content (AvgIpc) is 3.21. The molecule has 7 heteroatoms. The maximum Gasteiger partial charge on any atom is 0.329 e. The molecule has 0 saturated carbocycles. The first-order chi connectivity index (χ1) is 14.4. The van der Waals surface area contributed by atoms with Gasteiger partial charge in [0.05, 0.1) is 17.7 Å². The predicted molar refractivity (Wildman–Crippen MR) is 108 cm³/mol. The van der Waals surface area contributed by atoms with E-state index in [-0.39, 0.29) is 12.7 Å². The summed E-state index contributed by atoms with van der Waals surface area (Å²) in [5.41, 5.74) is 2.32. The second-order valence-electron chi connectivity index (χ2n) is 7.44. The molecule has 0 bridgehead atoms. The van der Waals surface area contributed by atoms with E-state index in [9.17, 15) is 14.4 Å². The highest BCUT2D eigenvalue weighted by Crippen LogP contribution is 2.35. The van der Waals surface area contributed by atoms with Crippen molar-refractivity contribution in [3.8, 4) is 11.5 Å². The molecule has 30 heavy (non-hydrogen) atoms. The van der Waals surface area contributed by atoms with Crippen LogP contribution in [-0.2, 0) is 22.6 Å². The summed E-state index contributed by atoms with van der Waals surface area (Å²) >= 11 is 0. The highest BCUT2D eigenvalue weighted by atomic mass is 16.5. The van der Waals surface area contributed by atoms with Gasteiger partial charge < -0.3 is 14.2 Å². The number of amides is 2. The van der Waals surface area contributed by atoms with Crippen molar-refractivity contribution in [2.45, 2.75) is 45.9 Å². The predicted octanol–water partition coefficient (Wildman–Crippen LogP) is 3.14. The molecular formula is C23H23NO6. The summed E-state index contributed by atoms with van der Waals surface area (Å²) in [5.74, 6) is -0.257. The van der Waals surface area contributed by atoms with E-state index in [2.05, 4.69) is 0 Å². The molecule has 2 aromatic rings. The zero-order chi connectivity index (χ0) is 21.4. The highest BCUT2D eigenvalue weighted by molar-refractivity contribution is 6.22. The molecule has 2 atom stereocenters. The Balaban J connectivity index is 1.48. The van der Waals surface area contributed by atoms with Gasteiger partial charge in [-0.25, -0.2) is 4.79 Å². The van der Waals surface area contributed by atoms with E-state index in [1.807, 2.05) is 26.0 Å². The molecule has 2 aliphatic heterocycles. The largest absolute Gasteiger partial charge is 0.493 e.